The summed E-state index contributed by atoms with van der Waals surface area (Å²) in [4.78, 5) is 6.99. The smallest absolute Gasteiger partial charge is 0.174 e. The molecule has 1 aliphatic rings. The number of nitrogens with one attached hydrogen (secondary N) is 1. The number of pyridine rings is 1. The van der Waals surface area contributed by atoms with Crippen LogP contribution in [0.5, 0.6) is 0 Å². The molecule has 1 saturated heterocycles. The van der Waals surface area contributed by atoms with E-state index in [1.54, 1.807) is 0 Å². The van der Waals surface area contributed by atoms with Gasteiger partial charge in [0.05, 0.1) is 17.8 Å². The average Bonchev–Trinajstić information content (AvgIpc) is 3.33. The number of nitrogens with zero attached hydrogens (tertiary/aromatic N) is 3. The van der Waals surface area contributed by atoms with E-state index in [1.165, 1.54) is 44.9 Å². The van der Waals surface area contributed by atoms with Gasteiger partial charge in [-0.3, -0.25) is 4.98 Å². The summed E-state index contributed by atoms with van der Waals surface area (Å²) in [5.41, 5.74) is 12.1. The van der Waals surface area contributed by atoms with Crippen molar-refractivity contribution in [3.05, 3.63) is 112 Å². The molecule has 0 amide bonds. The molecule has 2 aromatic carbocycles. The Hall–Kier alpha value is -3.44. The summed E-state index contributed by atoms with van der Waals surface area (Å²) in [6.45, 7) is 13.0. The largest absolute Gasteiger partial charge is 0.351 e. The molecule has 1 N–H and O–H groups in total. The molecule has 2 unspecified atom stereocenters. The summed E-state index contributed by atoms with van der Waals surface area (Å²) in [6.07, 6.45) is 1.86. The second-order valence-electron chi connectivity index (χ2n) is 9.72. The van der Waals surface area contributed by atoms with Crippen LogP contribution in [0.2, 0.25) is 0 Å². The van der Waals surface area contributed by atoms with Crippen LogP contribution in [0.15, 0.2) is 66.9 Å². The molecule has 4 nitrogen and oxygen atoms in total. The molecule has 1 fully saturated rings. The Morgan fingerprint density at radius 2 is 1.60 bits per heavy atom. The third-order valence-corrected chi connectivity index (χ3v) is 7.58. The van der Waals surface area contributed by atoms with E-state index in [-0.39, 0.29) is 12.1 Å². The van der Waals surface area contributed by atoms with E-state index in [0.717, 1.165) is 16.5 Å². The fraction of sp³-hybridized carbons (Fsp3) is 0.267. The van der Waals surface area contributed by atoms with Crippen LogP contribution in [0.25, 0.3) is 5.69 Å². The minimum Gasteiger partial charge on any atom is -0.351 e. The molecule has 3 heterocycles. The van der Waals surface area contributed by atoms with Crippen LogP contribution in [0, 0.1) is 41.5 Å². The van der Waals surface area contributed by atoms with Crippen molar-refractivity contribution in [3.63, 3.8) is 0 Å². The van der Waals surface area contributed by atoms with E-state index in [9.17, 15) is 0 Å². The second-order valence-corrected chi connectivity index (χ2v) is 10.1. The molecule has 178 valence electrons. The van der Waals surface area contributed by atoms with E-state index < -0.39 is 0 Å². The summed E-state index contributed by atoms with van der Waals surface area (Å²) in [5.74, 6) is 0. The zero-order valence-electron chi connectivity index (χ0n) is 21.3. The summed E-state index contributed by atoms with van der Waals surface area (Å²) in [5, 5.41) is 4.33. The number of aromatic nitrogens is 2. The Morgan fingerprint density at radius 3 is 2.31 bits per heavy atom. The highest BCUT2D eigenvalue weighted by molar-refractivity contribution is 7.80. The van der Waals surface area contributed by atoms with Gasteiger partial charge in [-0.25, -0.2) is 0 Å². The molecule has 0 aliphatic carbocycles. The quantitative estimate of drug-likeness (QED) is 0.322. The number of thiocarbonyl (C=S) groups is 1. The first-order chi connectivity index (χ1) is 16.8. The zero-order chi connectivity index (χ0) is 24.9. The molecule has 5 heteroatoms. The summed E-state index contributed by atoms with van der Waals surface area (Å²) in [6, 6.07) is 21.6. The molecule has 1 aliphatic heterocycles. The molecule has 35 heavy (non-hydrogen) atoms. The minimum atomic E-state index is -0.0575. The highest BCUT2D eigenvalue weighted by atomic mass is 32.1. The molecule has 0 saturated carbocycles. The zero-order valence-corrected chi connectivity index (χ0v) is 22.1. The van der Waals surface area contributed by atoms with Gasteiger partial charge in [-0.15, -0.1) is 0 Å². The lowest BCUT2D eigenvalue weighted by Gasteiger charge is -2.28. The van der Waals surface area contributed by atoms with Crippen LogP contribution < -0.4 is 10.2 Å². The van der Waals surface area contributed by atoms with E-state index in [2.05, 4.69) is 105 Å². The van der Waals surface area contributed by atoms with Crippen LogP contribution >= 0.6 is 12.2 Å². The summed E-state index contributed by atoms with van der Waals surface area (Å²) < 4.78 is 2.38. The van der Waals surface area contributed by atoms with Gasteiger partial charge in [-0.1, -0.05) is 24.3 Å². The highest BCUT2D eigenvalue weighted by Gasteiger charge is 2.42. The topological polar surface area (TPSA) is 33.1 Å². The fourth-order valence-corrected chi connectivity index (χ4v) is 5.59. The number of hydrogen-bond donors (Lipinski definition) is 1. The first-order valence-electron chi connectivity index (χ1n) is 12.1. The summed E-state index contributed by atoms with van der Waals surface area (Å²) >= 11 is 5.95. The van der Waals surface area contributed by atoms with Gasteiger partial charge in [0.15, 0.2) is 5.11 Å². The molecule has 4 aromatic rings. The SMILES string of the molecule is Cc1ccc(C)c(-n2c(C)cc(C3C(c4ccccn4)NC(=S)N3c3ccc(C)c(C)c3)c2C)c1. The van der Waals surface area contributed by atoms with Gasteiger partial charge in [0.25, 0.3) is 0 Å². The van der Waals surface area contributed by atoms with Crippen LogP contribution in [-0.2, 0) is 0 Å². The number of anilines is 1. The van der Waals surface area contributed by atoms with Crippen molar-refractivity contribution >= 4 is 23.0 Å². The molecule has 0 bridgehead atoms. The van der Waals surface area contributed by atoms with Gasteiger partial charge in [-0.2, -0.15) is 0 Å². The van der Waals surface area contributed by atoms with E-state index >= 15 is 0 Å². The molecular formula is C30H32N4S. The van der Waals surface area contributed by atoms with Crippen molar-refractivity contribution in [2.24, 2.45) is 0 Å². The lowest BCUT2D eigenvalue weighted by molar-refractivity contribution is 0.565. The Bertz CT molecular complexity index is 1420. The van der Waals surface area contributed by atoms with Crippen molar-refractivity contribution < 1.29 is 0 Å². The van der Waals surface area contributed by atoms with E-state index in [1.807, 2.05) is 18.3 Å². The van der Waals surface area contributed by atoms with Crippen molar-refractivity contribution in [3.8, 4) is 5.69 Å². The van der Waals surface area contributed by atoms with Crippen LogP contribution in [0.4, 0.5) is 5.69 Å². The molecule has 0 radical (unpaired) electrons. The van der Waals surface area contributed by atoms with Crippen LogP contribution in [0.1, 0.15) is 57.0 Å². The predicted octanol–water partition coefficient (Wildman–Crippen LogP) is 6.90. The highest BCUT2D eigenvalue weighted by Crippen LogP contribution is 2.44. The van der Waals surface area contributed by atoms with Crippen LogP contribution in [-0.4, -0.2) is 14.7 Å². The standard InChI is InChI=1S/C30H32N4S/c1-18-10-11-20(3)27(15-18)33-22(5)17-25(23(33)6)29-28(26-9-7-8-14-31-26)32-30(35)34(29)24-13-12-19(2)21(4)16-24/h7-17,28-29H,1-6H3,(H,32,35). The Morgan fingerprint density at radius 1 is 0.829 bits per heavy atom. The molecule has 0 spiro atoms. The predicted molar refractivity (Wildman–Crippen MR) is 149 cm³/mol. The maximum atomic E-state index is 5.95. The van der Waals surface area contributed by atoms with Gasteiger partial charge >= 0.3 is 0 Å². The van der Waals surface area contributed by atoms with Crippen molar-refractivity contribution in [2.75, 3.05) is 4.90 Å². The maximum Gasteiger partial charge on any atom is 0.174 e. The van der Waals surface area contributed by atoms with E-state index in [0.29, 0.717) is 0 Å². The maximum absolute atomic E-state index is 5.95. The average molecular weight is 481 g/mol. The third-order valence-electron chi connectivity index (χ3n) is 7.26. The van der Waals surface area contributed by atoms with Crippen molar-refractivity contribution in [1.29, 1.82) is 0 Å². The Labute approximate surface area is 213 Å². The first-order valence-corrected chi connectivity index (χ1v) is 12.5. The normalized spacial score (nSPS) is 17.7. The summed E-state index contributed by atoms with van der Waals surface area (Å²) in [7, 11) is 0. The van der Waals surface area contributed by atoms with Gasteiger partial charge in [0, 0.05) is 29.0 Å². The van der Waals surface area contributed by atoms with Gasteiger partial charge in [0.1, 0.15) is 0 Å². The minimum absolute atomic E-state index is 0.0235. The van der Waals surface area contributed by atoms with Gasteiger partial charge in [0.2, 0.25) is 0 Å². The number of benzene rings is 2. The second kappa shape index (κ2) is 8.97. The van der Waals surface area contributed by atoms with Gasteiger partial charge in [-0.05, 0) is 118 Å². The van der Waals surface area contributed by atoms with Crippen LogP contribution in [0.3, 0.4) is 0 Å². The number of hydrogen-bond acceptors (Lipinski definition) is 2. The first kappa shape index (κ1) is 23.3. The molecule has 5 rings (SSSR count). The number of rotatable bonds is 4. The van der Waals surface area contributed by atoms with E-state index in [4.69, 9.17) is 17.2 Å². The molecule has 2 atom stereocenters. The lowest BCUT2D eigenvalue weighted by atomic mass is 9.96. The van der Waals surface area contributed by atoms with Crippen molar-refractivity contribution in [1.82, 2.24) is 14.9 Å². The Balaban J connectivity index is 1.71. The Kier molecular flexibility index (Phi) is 5.97. The fourth-order valence-electron chi connectivity index (χ4n) is 5.24. The number of aryl methyl sites for hydroxylation is 5. The van der Waals surface area contributed by atoms with Crippen molar-refractivity contribution in [2.45, 2.75) is 53.6 Å². The molecular weight excluding hydrogens is 448 g/mol. The molecule has 2 aromatic heterocycles. The lowest BCUT2D eigenvalue weighted by Crippen LogP contribution is -2.29. The van der Waals surface area contributed by atoms with Gasteiger partial charge < -0.3 is 14.8 Å². The third kappa shape index (κ3) is 4.04. The monoisotopic (exact) mass is 480 g/mol.